The van der Waals surface area contributed by atoms with Crippen molar-refractivity contribution in [3.8, 4) is 0 Å². The van der Waals surface area contributed by atoms with E-state index in [0.29, 0.717) is 5.84 Å². The molecular weight excluding hydrogens is 322 g/mol. The molecule has 0 aliphatic carbocycles. The number of aliphatic imine (C=N–C) groups is 1. The summed E-state index contributed by atoms with van der Waals surface area (Å²) in [7, 11) is 0. The highest BCUT2D eigenvalue weighted by Crippen LogP contribution is 2.16. The van der Waals surface area contributed by atoms with Crippen LogP contribution in [0.1, 0.15) is 15.3 Å². The van der Waals surface area contributed by atoms with Gasteiger partial charge in [-0.15, -0.1) is 22.7 Å². The molecule has 3 rings (SSSR count). The van der Waals surface area contributed by atoms with Crippen LogP contribution in [0.4, 0.5) is 5.69 Å². The lowest BCUT2D eigenvalue weighted by atomic mass is 10.1. The zero-order chi connectivity index (χ0) is 15.9. The number of hydrogen-bond acceptors (Lipinski definition) is 4. The van der Waals surface area contributed by atoms with Gasteiger partial charge in [0.1, 0.15) is 5.84 Å². The molecule has 118 valence electrons. The molecule has 0 amide bonds. The van der Waals surface area contributed by atoms with E-state index in [-0.39, 0.29) is 0 Å². The number of thiophene rings is 2. The number of amidine groups is 1. The molecule has 3 N–H and O–H groups in total. The van der Waals surface area contributed by atoms with Crippen LogP contribution in [-0.2, 0) is 13.0 Å². The molecule has 0 fully saturated rings. The van der Waals surface area contributed by atoms with Gasteiger partial charge in [-0.25, -0.2) is 4.99 Å². The van der Waals surface area contributed by atoms with Crippen LogP contribution in [0.5, 0.6) is 0 Å². The molecule has 5 heteroatoms. The number of nitrogens with one attached hydrogen (secondary N) is 1. The molecule has 0 aliphatic heterocycles. The van der Waals surface area contributed by atoms with Crippen LogP contribution in [-0.4, -0.2) is 12.4 Å². The van der Waals surface area contributed by atoms with E-state index in [2.05, 4.69) is 40.0 Å². The predicted molar refractivity (Wildman–Crippen MR) is 101 cm³/mol. The minimum atomic E-state index is 0.574. The summed E-state index contributed by atoms with van der Waals surface area (Å²) in [5.74, 6) is 0.574. The Balaban J connectivity index is 1.50. The number of hydrogen-bond donors (Lipinski definition) is 2. The highest BCUT2D eigenvalue weighted by molar-refractivity contribution is 7.12. The van der Waals surface area contributed by atoms with Crippen molar-refractivity contribution in [2.75, 3.05) is 6.54 Å². The Bertz CT molecular complexity index is 729. The lowest BCUT2D eigenvalue weighted by Gasteiger charge is -2.04. The lowest BCUT2D eigenvalue weighted by Crippen LogP contribution is -2.15. The molecule has 0 saturated heterocycles. The summed E-state index contributed by atoms with van der Waals surface area (Å²) in [5, 5.41) is 7.58. The van der Waals surface area contributed by atoms with E-state index in [1.165, 1.54) is 10.4 Å². The van der Waals surface area contributed by atoms with Gasteiger partial charge in [0.25, 0.3) is 0 Å². The second kappa shape index (κ2) is 8.06. The molecule has 2 aromatic heterocycles. The predicted octanol–water partition coefficient (Wildman–Crippen LogP) is 4.18. The van der Waals surface area contributed by atoms with Gasteiger partial charge in [-0.1, -0.05) is 24.3 Å². The van der Waals surface area contributed by atoms with E-state index in [9.17, 15) is 0 Å². The summed E-state index contributed by atoms with van der Waals surface area (Å²) < 4.78 is 0. The standard InChI is InChI=1S/C18H19N3S2/c19-18(17-4-2-12-23-17)21-15-7-5-14(6-8-15)9-10-20-13-16-3-1-11-22-16/h1-8,11-12,20H,9-10,13H2,(H2,19,21). The van der Waals surface area contributed by atoms with Crippen LogP contribution in [0.2, 0.25) is 0 Å². The highest BCUT2D eigenvalue weighted by Gasteiger charge is 2.00. The lowest BCUT2D eigenvalue weighted by molar-refractivity contribution is 0.693. The first-order chi connectivity index (χ1) is 11.3. The van der Waals surface area contributed by atoms with E-state index < -0.39 is 0 Å². The van der Waals surface area contributed by atoms with Crippen molar-refractivity contribution in [3.63, 3.8) is 0 Å². The number of nitrogens with two attached hydrogens (primary N) is 1. The summed E-state index contributed by atoms with van der Waals surface area (Å²) in [6.45, 7) is 1.91. The van der Waals surface area contributed by atoms with Gasteiger partial charge >= 0.3 is 0 Å². The van der Waals surface area contributed by atoms with Crippen molar-refractivity contribution < 1.29 is 0 Å². The molecule has 0 spiro atoms. The van der Waals surface area contributed by atoms with Crippen molar-refractivity contribution in [2.45, 2.75) is 13.0 Å². The third-order valence-electron chi connectivity index (χ3n) is 3.43. The first kappa shape index (κ1) is 15.9. The maximum Gasteiger partial charge on any atom is 0.141 e. The number of rotatable bonds is 7. The number of nitrogens with zero attached hydrogens (tertiary/aromatic N) is 1. The molecule has 0 bridgehead atoms. The molecule has 0 unspecified atom stereocenters. The zero-order valence-corrected chi connectivity index (χ0v) is 14.4. The van der Waals surface area contributed by atoms with Gasteiger partial charge in [0.2, 0.25) is 0 Å². The Kier molecular flexibility index (Phi) is 5.58. The monoisotopic (exact) mass is 341 g/mol. The van der Waals surface area contributed by atoms with Crippen LogP contribution in [0.25, 0.3) is 0 Å². The van der Waals surface area contributed by atoms with Gasteiger partial charge in [-0.3, -0.25) is 0 Å². The summed E-state index contributed by atoms with van der Waals surface area (Å²) in [5.41, 5.74) is 8.20. The van der Waals surface area contributed by atoms with Gasteiger partial charge in [0.15, 0.2) is 0 Å². The molecule has 23 heavy (non-hydrogen) atoms. The average Bonchev–Trinajstić information content (AvgIpc) is 3.26. The van der Waals surface area contributed by atoms with E-state index in [1.54, 1.807) is 22.7 Å². The molecule has 0 saturated carbocycles. The fraction of sp³-hybridized carbons (Fsp3) is 0.167. The second-order valence-corrected chi connectivity index (χ2v) is 7.13. The van der Waals surface area contributed by atoms with E-state index in [1.807, 2.05) is 29.6 Å². The van der Waals surface area contributed by atoms with E-state index in [4.69, 9.17) is 5.73 Å². The Morgan fingerprint density at radius 3 is 2.48 bits per heavy atom. The van der Waals surface area contributed by atoms with Crippen LogP contribution >= 0.6 is 22.7 Å². The minimum Gasteiger partial charge on any atom is -0.383 e. The molecule has 3 nitrogen and oxygen atoms in total. The van der Waals surface area contributed by atoms with Crippen LogP contribution in [0, 0.1) is 0 Å². The Labute approximate surface area is 144 Å². The summed E-state index contributed by atoms with van der Waals surface area (Å²) in [6.07, 6.45) is 1.01. The molecule has 2 heterocycles. The van der Waals surface area contributed by atoms with Gasteiger partial charge in [0.05, 0.1) is 10.6 Å². The molecule has 0 atom stereocenters. The van der Waals surface area contributed by atoms with E-state index >= 15 is 0 Å². The average molecular weight is 342 g/mol. The summed E-state index contributed by atoms with van der Waals surface area (Å²) in [4.78, 5) is 6.84. The summed E-state index contributed by atoms with van der Waals surface area (Å²) in [6, 6.07) is 16.5. The smallest absolute Gasteiger partial charge is 0.141 e. The van der Waals surface area contributed by atoms with Crippen LogP contribution in [0.3, 0.4) is 0 Å². The van der Waals surface area contributed by atoms with Gasteiger partial charge in [-0.05, 0) is 53.6 Å². The molecule has 0 aliphatic rings. The first-order valence-corrected chi connectivity index (χ1v) is 9.27. The Morgan fingerprint density at radius 1 is 1.00 bits per heavy atom. The third kappa shape index (κ3) is 4.76. The maximum atomic E-state index is 6.01. The Morgan fingerprint density at radius 2 is 1.78 bits per heavy atom. The van der Waals surface area contributed by atoms with Crippen molar-refractivity contribution in [3.05, 3.63) is 74.6 Å². The van der Waals surface area contributed by atoms with Gasteiger partial charge < -0.3 is 11.1 Å². The summed E-state index contributed by atoms with van der Waals surface area (Å²) >= 11 is 3.39. The second-order valence-electron chi connectivity index (χ2n) is 5.15. The molecule has 3 aromatic rings. The largest absolute Gasteiger partial charge is 0.383 e. The third-order valence-corrected chi connectivity index (χ3v) is 5.20. The Hall–Kier alpha value is -1.95. The maximum absolute atomic E-state index is 6.01. The SMILES string of the molecule is NC(=Nc1ccc(CCNCc2cccs2)cc1)c1cccs1. The fourth-order valence-corrected chi connectivity index (χ4v) is 3.51. The normalized spacial score (nSPS) is 11.7. The zero-order valence-electron chi connectivity index (χ0n) is 12.7. The quantitative estimate of drug-likeness (QED) is 0.385. The first-order valence-electron chi connectivity index (χ1n) is 7.51. The fourth-order valence-electron chi connectivity index (χ4n) is 2.21. The van der Waals surface area contributed by atoms with Crippen LogP contribution in [0.15, 0.2) is 64.3 Å². The number of benzene rings is 1. The van der Waals surface area contributed by atoms with E-state index in [0.717, 1.165) is 30.1 Å². The highest BCUT2D eigenvalue weighted by atomic mass is 32.1. The van der Waals surface area contributed by atoms with Crippen molar-refractivity contribution in [1.82, 2.24) is 5.32 Å². The van der Waals surface area contributed by atoms with Crippen molar-refractivity contribution in [1.29, 1.82) is 0 Å². The van der Waals surface area contributed by atoms with Gasteiger partial charge in [-0.2, -0.15) is 0 Å². The molecule has 1 aromatic carbocycles. The minimum absolute atomic E-state index is 0.574. The molecule has 0 radical (unpaired) electrons. The molecular formula is C18H19N3S2. The van der Waals surface area contributed by atoms with Gasteiger partial charge in [0, 0.05) is 11.4 Å². The van der Waals surface area contributed by atoms with Crippen molar-refractivity contribution in [2.24, 2.45) is 10.7 Å². The topological polar surface area (TPSA) is 50.4 Å². The van der Waals surface area contributed by atoms with Crippen LogP contribution < -0.4 is 11.1 Å². The van der Waals surface area contributed by atoms with Crippen molar-refractivity contribution >= 4 is 34.2 Å².